The Labute approximate surface area is 167 Å². The van der Waals surface area contributed by atoms with Gasteiger partial charge in [0, 0.05) is 29.6 Å². The molecule has 0 bridgehead atoms. The zero-order chi connectivity index (χ0) is 19.3. The Morgan fingerprint density at radius 3 is 2.75 bits per heavy atom. The lowest BCUT2D eigenvalue weighted by Crippen LogP contribution is -2.14. The van der Waals surface area contributed by atoms with Crippen LogP contribution in [0.15, 0.2) is 67.1 Å². The van der Waals surface area contributed by atoms with Crippen LogP contribution in [0.5, 0.6) is 0 Å². The fraction of sp³-hybridized carbons (Fsp3) is 0.190. The molecule has 2 heterocycles. The highest BCUT2D eigenvalue weighted by molar-refractivity contribution is 6.31. The molecule has 0 atom stereocenters. The van der Waals surface area contributed by atoms with Gasteiger partial charge in [0.15, 0.2) is 0 Å². The molecule has 0 fully saturated rings. The summed E-state index contributed by atoms with van der Waals surface area (Å²) in [6.45, 7) is 1.25. The smallest absolute Gasteiger partial charge is 0.226 e. The van der Waals surface area contributed by atoms with Gasteiger partial charge in [-0.1, -0.05) is 41.9 Å². The number of amides is 1. The molecule has 1 N–H and O–H groups in total. The summed E-state index contributed by atoms with van der Waals surface area (Å²) in [5.74, 6) is -0.0757. The van der Waals surface area contributed by atoms with E-state index in [1.807, 2.05) is 47.3 Å². The number of fused-ring (bicyclic) bond motifs is 1. The third-order valence-electron chi connectivity index (χ3n) is 4.55. The fourth-order valence-electron chi connectivity index (χ4n) is 3.09. The van der Waals surface area contributed by atoms with E-state index in [9.17, 15) is 4.79 Å². The summed E-state index contributed by atoms with van der Waals surface area (Å²) in [6, 6.07) is 15.9. The highest BCUT2D eigenvalue weighted by Gasteiger charge is 2.08. The lowest BCUT2D eigenvalue weighted by atomic mass is 10.1. The molecule has 0 aliphatic heterocycles. The summed E-state index contributed by atoms with van der Waals surface area (Å²) < 4.78 is 3.63. The second-order valence-electron chi connectivity index (χ2n) is 6.60. The first-order valence-corrected chi connectivity index (χ1v) is 9.52. The van der Waals surface area contributed by atoms with Crippen LogP contribution in [-0.4, -0.2) is 25.5 Å². The molecular formula is C21H20ClN5O. The van der Waals surface area contributed by atoms with Crippen LogP contribution in [0.3, 0.4) is 0 Å². The quantitative estimate of drug-likeness (QED) is 0.512. The number of nitrogens with one attached hydrogen (secondary N) is 1. The molecule has 4 rings (SSSR count). The second-order valence-corrected chi connectivity index (χ2v) is 7.03. The molecule has 0 unspecified atom stereocenters. The largest absolute Gasteiger partial charge is 0.323 e. The number of anilines is 1. The molecule has 0 saturated carbocycles. The van der Waals surface area contributed by atoms with Crippen molar-refractivity contribution in [1.29, 1.82) is 0 Å². The van der Waals surface area contributed by atoms with Gasteiger partial charge >= 0.3 is 0 Å². The van der Waals surface area contributed by atoms with Crippen molar-refractivity contribution in [2.45, 2.75) is 25.9 Å². The van der Waals surface area contributed by atoms with Crippen LogP contribution in [0.25, 0.3) is 10.9 Å². The number of carbonyl (C=O) groups is 1. The third kappa shape index (κ3) is 4.40. The normalized spacial score (nSPS) is 11.0. The topological polar surface area (TPSA) is 64.7 Å². The summed E-state index contributed by atoms with van der Waals surface area (Å²) in [6.07, 6.45) is 6.51. The number of rotatable bonds is 7. The van der Waals surface area contributed by atoms with Crippen molar-refractivity contribution >= 4 is 34.1 Å². The molecule has 2 aromatic heterocycles. The van der Waals surface area contributed by atoms with E-state index in [1.54, 1.807) is 17.1 Å². The van der Waals surface area contributed by atoms with Crippen molar-refractivity contribution in [3.63, 3.8) is 0 Å². The summed E-state index contributed by atoms with van der Waals surface area (Å²) >= 11 is 6.06. The van der Waals surface area contributed by atoms with Crippen molar-refractivity contribution < 1.29 is 4.79 Å². The molecule has 0 spiro atoms. The van der Waals surface area contributed by atoms with Crippen molar-refractivity contribution in [1.82, 2.24) is 19.6 Å². The highest BCUT2D eigenvalue weighted by atomic mass is 35.5. The standard InChI is InChI=1S/C21H20ClN5O/c22-18-7-6-17-13-24-27(20(17)12-18)11-9-21(28)25-19-14-23-26(15-19)10-8-16-4-2-1-3-5-16/h1-7,12-15H,8-11H2,(H,25,28). The Hall–Kier alpha value is -3.12. The maximum Gasteiger partial charge on any atom is 0.226 e. The van der Waals surface area contributed by atoms with Gasteiger partial charge in [0.1, 0.15) is 0 Å². The van der Waals surface area contributed by atoms with E-state index >= 15 is 0 Å². The predicted octanol–water partition coefficient (Wildman–Crippen LogP) is 4.16. The Bertz CT molecular complexity index is 1090. The van der Waals surface area contributed by atoms with Crippen molar-refractivity contribution in [3.05, 3.63) is 77.7 Å². The highest BCUT2D eigenvalue weighted by Crippen LogP contribution is 2.19. The third-order valence-corrected chi connectivity index (χ3v) is 4.78. The molecule has 0 aliphatic rings. The summed E-state index contributed by atoms with van der Waals surface area (Å²) in [4.78, 5) is 12.3. The minimum absolute atomic E-state index is 0.0757. The number of halogens is 1. The van der Waals surface area contributed by atoms with Crippen LogP contribution in [0, 0.1) is 0 Å². The first kappa shape index (κ1) is 18.3. The van der Waals surface area contributed by atoms with Crippen LogP contribution >= 0.6 is 11.6 Å². The van der Waals surface area contributed by atoms with Crippen LogP contribution in [0.4, 0.5) is 5.69 Å². The Morgan fingerprint density at radius 2 is 1.89 bits per heavy atom. The predicted molar refractivity (Wildman–Crippen MR) is 110 cm³/mol. The van der Waals surface area contributed by atoms with Gasteiger partial charge in [-0.3, -0.25) is 14.2 Å². The zero-order valence-electron chi connectivity index (χ0n) is 15.3. The maximum atomic E-state index is 12.3. The Kier molecular flexibility index (Phi) is 5.39. The van der Waals surface area contributed by atoms with Gasteiger partial charge in [-0.25, -0.2) is 0 Å². The van der Waals surface area contributed by atoms with E-state index in [0.29, 0.717) is 23.7 Å². The van der Waals surface area contributed by atoms with Gasteiger partial charge in [0.05, 0.1) is 30.1 Å². The summed E-state index contributed by atoms with van der Waals surface area (Å²) in [5.41, 5.74) is 2.88. The SMILES string of the molecule is O=C(CCn1ncc2ccc(Cl)cc21)Nc1cnn(CCc2ccccc2)c1. The number of aromatic nitrogens is 4. The van der Waals surface area contributed by atoms with E-state index in [0.717, 1.165) is 23.9 Å². The summed E-state index contributed by atoms with van der Waals surface area (Å²) in [7, 11) is 0. The monoisotopic (exact) mass is 393 g/mol. The van der Waals surface area contributed by atoms with Gasteiger partial charge in [-0.2, -0.15) is 10.2 Å². The van der Waals surface area contributed by atoms with Crippen molar-refractivity contribution in [3.8, 4) is 0 Å². The zero-order valence-corrected chi connectivity index (χ0v) is 16.0. The molecule has 0 saturated heterocycles. The Morgan fingerprint density at radius 1 is 1.04 bits per heavy atom. The first-order chi connectivity index (χ1) is 13.7. The molecule has 28 heavy (non-hydrogen) atoms. The molecule has 7 heteroatoms. The lowest BCUT2D eigenvalue weighted by Gasteiger charge is -2.05. The second kappa shape index (κ2) is 8.27. The summed E-state index contributed by atoms with van der Waals surface area (Å²) in [5, 5.41) is 13.2. The van der Waals surface area contributed by atoms with Gasteiger partial charge in [0.2, 0.25) is 5.91 Å². The van der Waals surface area contributed by atoms with Gasteiger partial charge in [-0.15, -0.1) is 0 Å². The molecule has 142 valence electrons. The van der Waals surface area contributed by atoms with Crippen LogP contribution in [-0.2, 0) is 24.3 Å². The minimum Gasteiger partial charge on any atom is -0.323 e. The number of hydrogen-bond donors (Lipinski definition) is 1. The van der Waals surface area contributed by atoms with Gasteiger partial charge in [-0.05, 0) is 30.2 Å². The Balaban J connectivity index is 1.30. The van der Waals surface area contributed by atoms with Crippen LogP contribution < -0.4 is 5.32 Å². The lowest BCUT2D eigenvalue weighted by molar-refractivity contribution is -0.116. The maximum absolute atomic E-state index is 12.3. The molecule has 2 aromatic carbocycles. The number of hydrogen-bond acceptors (Lipinski definition) is 3. The van der Waals surface area contributed by atoms with Crippen LogP contribution in [0.2, 0.25) is 5.02 Å². The van der Waals surface area contributed by atoms with E-state index < -0.39 is 0 Å². The average molecular weight is 394 g/mol. The number of nitrogens with zero attached hydrogens (tertiary/aromatic N) is 4. The minimum atomic E-state index is -0.0757. The molecule has 0 aliphatic carbocycles. The number of aryl methyl sites for hydroxylation is 3. The van der Waals surface area contributed by atoms with E-state index in [1.165, 1.54) is 5.56 Å². The van der Waals surface area contributed by atoms with E-state index in [4.69, 9.17) is 11.6 Å². The number of benzene rings is 2. The molecule has 0 radical (unpaired) electrons. The first-order valence-electron chi connectivity index (χ1n) is 9.15. The molecular weight excluding hydrogens is 374 g/mol. The van der Waals surface area contributed by atoms with Gasteiger partial charge in [0.25, 0.3) is 0 Å². The molecule has 4 aromatic rings. The van der Waals surface area contributed by atoms with Crippen molar-refractivity contribution in [2.24, 2.45) is 0 Å². The van der Waals surface area contributed by atoms with E-state index in [-0.39, 0.29) is 5.91 Å². The molecule has 1 amide bonds. The fourth-order valence-corrected chi connectivity index (χ4v) is 3.26. The molecule has 6 nitrogen and oxygen atoms in total. The van der Waals surface area contributed by atoms with Crippen LogP contribution in [0.1, 0.15) is 12.0 Å². The average Bonchev–Trinajstić information content (AvgIpc) is 3.32. The van der Waals surface area contributed by atoms with E-state index in [2.05, 4.69) is 27.6 Å². The van der Waals surface area contributed by atoms with Gasteiger partial charge < -0.3 is 5.32 Å². The number of carbonyl (C=O) groups excluding carboxylic acids is 1. The van der Waals surface area contributed by atoms with Crippen molar-refractivity contribution in [2.75, 3.05) is 5.32 Å².